The number of aliphatic hydroxyl groups excluding tert-OH is 1. The lowest BCUT2D eigenvalue weighted by Crippen LogP contribution is -2.47. The number of hydrogen-bond acceptors (Lipinski definition) is 6. The van der Waals surface area contributed by atoms with Crippen LogP contribution in [0.2, 0.25) is 5.02 Å². The minimum Gasteiger partial charge on any atom is -0.395 e. The molecule has 2 heterocycles. The first-order valence-corrected chi connectivity index (χ1v) is 6.97. The highest BCUT2D eigenvalue weighted by Crippen LogP contribution is 2.24. The fraction of sp³-hybridized carbons (Fsp3) is 0.667. The smallest absolute Gasteiger partial charge is 0.224 e. The van der Waals surface area contributed by atoms with Crippen LogP contribution in [0.1, 0.15) is 6.92 Å². The predicted octanol–water partition coefficient (Wildman–Crippen LogP) is 0.676. The van der Waals surface area contributed by atoms with Gasteiger partial charge in [-0.05, 0) is 6.92 Å². The quantitative estimate of drug-likeness (QED) is 0.829. The molecule has 1 aromatic rings. The van der Waals surface area contributed by atoms with Crippen molar-refractivity contribution in [1.82, 2.24) is 14.9 Å². The molecule has 2 N–H and O–H groups in total. The number of aliphatic hydroxyl groups is 1. The Morgan fingerprint density at radius 3 is 2.74 bits per heavy atom. The molecule has 0 aliphatic carbocycles. The number of aromatic nitrogens is 2. The average molecular weight is 286 g/mol. The van der Waals surface area contributed by atoms with E-state index in [4.69, 9.17) is 16.7 Å². The van der Waals surface area contributed by atoms with Crippen LogP contribution < -0.4 is 10.2 Å². The van der Waals surface area contributed by atoms with Gasteiger partial charge in [-0.3, -0.25) is 4.90 Å². The van der Waals surface area contributed by atoms with E-state index in [9.17, 15) is 0 Å². The Bertz CT molecular complexity index is 409. The third-order valence-electron chi connectivity index (χ3n) is 3.15. The number of hydrogen-bond donors (Lipinski definition) is 2. The molecule has 19 heavy (non-hydrogen) atoms. The Balaban J connectivity index is 2.03. The molecule has 0 aromatic carbocycles. The molecule has 0 atom stereocenters. The molecule has 0 radical (unpaired) electrons. The Morgan fingerprint density at radius 1 is 1.37 bits per heavy atom. The lowest BCUT2D eigenvalue weighted by Gasteiger charge is -2.35. The third-order valence-corrected chi connectivity index (χ3v) is 3.42. The van der Waals surface area contributed by atoms with Crippen LogP contribution in [-0.4, -0.2) is 65.8 Å². The van der Waals surface area contributed by atoms with Crippen LogP contribution >= 0.6 is 11.6 Å². The molecule has 1 saturated heterocycles. The van der Waals surface area contributed by atoms with Crippen LogP contribution in [0, 0.1) is 0 Å². The van der Waals surface area contributed by atoms with E-state index in [1.165, 1.54) is 0 Å². The van der Waals surface area contributed by atoms with Crippen molar-refractivity contribution in [2.24, 2.45) is 0 Å². The highest BCUT2D eigenvalue weighted by molar-refractivity contribution is 6.32. The summed E-state index contributed by atoms with van der Waals surface area (Å²) in [6.45, 7) is 7.28. The molecule has 1 aromatic heterocycles. The molecule has 1 fully saturated rings. The summed E-state index contributed by atoms with van der Waals surface area (Å²) in [5, 5.41) is 12.6. The zero-order valence-electron chi connectivity index (χ0n) is 11.1. The Labute approximate surface area is 118 Å². The summed E-state index contributed by atoms with van der Waals surface area (Å²) >= 11 is 6.18. The van der Waals surface area contributed by atoms with Gasteiger partial charge in [0.05, 0.1) is 12.8 Å². The van der Waals surface area contributed by atoms with Gasteiger partial charge in [0.25, 0.3) is 0 Å². The molecule has 6 nitrogen and oxygen atoms in total. The van der Waals surface area contributed by atoms with Crippen LogP contribution in [0.25, 0.3) is 0 Å². The van der Waals surface area contributed by atoms with Crippen molar-refractivity contribution in [3.8, 4) is 0 Å². The number of anilines is 2. The monoisotopic (exact) mass is 285 g/mol. The van der Waals surface area contributed by atoms with Crippen molar-refractivity contribution in [1.29, 1.82) is 0 Å². The van der Waals surface area contributed by atoms with Gasteiger partial charge in [0.2, 0.25) is 5.95 Å². The Kier molecular flexibility index (Phi) is 5.18. The van der Waals surface area contributed by atoms with Crippen molar-refractivity contribution in [2.45, 2.75) is 6.92 Å². The summed E-state index contributed by atoms with van der Waals surface area (Å²) in [5.74, 6) is 1.40. The van der Waals surface area contributed by atoms with Crippen LogP contribution in [0.3, 0.4) is 0 Å². The largest absolute Gasteiger partial charge is 0.395 e. The summed E-state index contributed by atoms with van der Waals surface area (Å²) in [5.41, 5.74) is 0. The second kappa shape index (κ2) is 6.88. The van der Waals surface area contributed by atoms with Gasteiger partial charge < -0.3 is 15.3 Å². The summed E-state index contributed by atoms with van der Waals surface area (Å²) in [4.78, 5) is 13.0. The topological polar surface area (TPSA) is 64.5 Å². The van der Waals surface area contributed by atoms with Gasteiger partial charge in [-0.1, -0.05) is 11.6 Å². The molecule has 106 valence electrons. The van der Waals surface area contributed by atoms with Crippen molar-refractivity contribution in [2.75, 3.05) is 56.1 Å². The zero-order valence-corrected chi connectivity index (χ0v) is 11.9. The lowest BCUT2D eigenvalue weighted by molar-refractivity contribution is 0.188. The second-order valence-electron chi connectivity index (χ2n) is 4.45. The molecule has 7 heteroatoms. The molecule has 1 aliphatic rings. The summed E-state index contributed by atoms with van der Waals surface area (Å²) in [6, 6.07) is 0. The van der Waals surface area contributed by atoms with E-state index in [2.05, 4.69) is 25.1 Å². The van der Waals surface area contributed by atoms with Crippen molar-refractivity contribution in [3.05, 3.63) is 11.2 Å². The van der Waals surface area contributed by atoms with Gasteiger partial charge in [-0.2, -0.15) is 4.98 Å². The van der Waals surface area contributed by atoms with Gasteiger partial charge >= 0.3 is 0 Å². The first-order chi connectivity index (χ1) is 9.24. The Morgan fingerprint density at radius 2 is 2.11 bits per heavy atom. The maximum Gasteiger partial charge on any atom is 0.224 e. The van der Waals surface area contributed by atoms with Crippen LogP contribution in [-0.2, 0) is 0 Å². The summed E-state index contributed by atoms with van der Waals surface area (Å²) < 4.78 is 0. The Hall–Kier alpha value is -1.11. The fourth-order valence-corrected chi connectivity index (χ4v) is 2.36. The van der Waals surface area contributed by atoms with Crippen molar-refractivity contribution < 1.29 is 5.11 Å². The molecule has 0 spiro atoms. The SMILES string of the molecule is CCNc1ncc(Cl)c(N2CCN(CCO)CC2)n1. The number of nitrogens with one attached hydrogen (secondary N) is 1. The van der Waals surface area contributed by atoms with Gasteiger partial charge in [-0.15, -0.1) is 0 Å². The van der Waals surface area contributed by atoms with E-state index in [-0.39, 0.29) is 6.61 Å². The number of nitrogens with zero attached hydrogens (tertiary/aromatic N) is 4. The summed E-state index contributed by atoms with van der Waals surface area (Å²) in [7, 11) is 0. The minimum atomic E-state index is 0.207. The molecule has 0 saturated carbocycles. The van der Waals surface area contributed by atoms with Gasteiger partial charge in [-0.25, -0.2) is 4.98 Å². The summed E-state index contributed by atoms with van der Waals surface area (Å²) in [6.07, 6.45) is 1.64. The van der Waals surface area contributed by atoms with Gasteiger partial charge in [0, 0.05) is 39.3 Å². The van der Waals surface area contributed by atoms with E-state index < -0.39 is 0 Å². The highest BCUT2D eigenvalue weighted by Gasteiger charge is 2.20. The number of piperazine rings is 1. The first kappa shape index (κ1) is 14.3. The molecular weight excluding hydrogens is 266 g/mol. The average Bonchev–Trinajstić information content (AvgIpc) is 2.43. The van der Waals surface area contributed by atoms with Crippen LogP contribution in [0.15, 0.2) is 6.20 Å². The third kappa shape index (κ3) is 3.68. The lowest BCUT2D eigenvalue weighted by atomic mass is 10.3. The van der Waals surface area contributed by atoms with E-state index in [0.29, 0.717) is 11.0 Å². The van der Waals surface area contributed by atoms with Crippen LogP contribution in [0.4, 0.5) is 11.8 Å². The molecule has 0 unspecified atom stereocenters. The normalized spacial score (nSPS) is 16.7. The van der Waals surface area contributed by atoms with E-state index in [1.54, 1.807) is 6.20 Å². The number of β-amino-alcohol motifs (C(OH)–C–C–N with tert-alkyl or cyclic N) is 1. The predicted molar refractivity (Wildman–Crippen MR) is 76.9 cm³/mol. The number of rotatable bonds is 5. The van der Waals surface area contributed by atoms with Crippen LogP contribution in [0.5, 0.6) is 0 Å². The maximum absolute atomic E-state index is 8.94. The zero-order chi connectivity index (χ0) is 13.7. The standard InChI is InChI=1S/C12H20ClN5O/c1-2-14-12-15-9-10(13)11(16-12)18-5-3-17(4-6-18)7-8-19/h9,19H,2-8H2,1H3,(H,14,15,16). The molecule has 2 rings (SSSR count). The maximum atomic E-state index is 8.94. The fourth-order valence-electron chi connectivity index (χ4n) is 2.15. The molecule has 1 aliphatic heterocycles. The highest BCUT2D eigenvalue weighted by atomic mass is 35.5. The minimum absolute atomic E-state index is 0.207. The molecular formula is C12H20ClN5O. The second-order valence-corrected chi connectivity index (χ2v) is 4.85. The molecule has 0 amide bonds. The molecule has 0 bridgehead atoms. The van der Waals surface area contributed by atoms with Crippen molar-refractivity contribution in [3.63, 3.8) is 0 Å². The number of halogens is 1. The van der Waals surface area contributed by atoms with Gasteiger partial charge in [0.15, 0.2) is 5.82 Å². The van der Waals surface area contributed by atoms with Gasteiger partial charge in [0.1, 0.15) is 5.02 Å². The first-order valence-electron chi connectivity index (χ1n) is 6.59. The van der Waals surface area contributed by atoms with E-state index in [0.717, 1.165) is 45.1 Å². The van der Waals surface area contributed by atoms with E-state index >= 15 is 0 Å². The van der Waals surface area contributed by atoms with E-state index in [1.807, 2.05) is 6.92 Å². The van der Waals surface area contributed by atoms with Crippen molar-refractivity contribution >= 4 is 23.4 Å².